The highest BCUT2D eigenvalue weighted by Crippen LogP contribution is 2.57. The molecule has 4 aromatic rings. The van der Waals surface area contributed by atoms with Crippen molar-refractivity contribution in [2.75, 3.05) is 20.1 Å². The maximum Gasteiger partial charge on any atom is 0.293 e. The molecule has 3 N–H and O–H groups in total. The van der Waals surface area contributed by atoms with E-state index in [4.69, 9.17) is 4.74 Å². The van der Waals surface area contributed by atoms with Crippen molar-refractivity contribution in [2.24, 2.45) is 5.41 Å². The molecule has 2 heterocycles. The van der Waals surface area contributed by atoms with E-state index < -0.39 is 0 Å². The zero-order chi connectivity index (χ0) is 27.7. The number of aromatic hydroxyl groups is 1. The number of aromatic amines is 1. The summed E-state index contributed by atoms with van der Waals surface area (Å²) in [4.78, 5) is 27.3. The number of hydrogen-bond acceptors (Lipinski definition) is 8. The summed E-state index contributed by atoms with van der Waals surface area (Å²) in [6.07, 6.45) is 6.38. The van der Waals surface area contributed by atoms with Gasteiger partial charge in [0.05, 0.1) is 11.0 Å². The molecule has 1 spiro atoms. The average Bonchev–Trinajstić information content (AvgIpc) is 3.30. The number of benzene rings is 2. The van der Waals surface area contributed by atoms with Gasteiger partial charge in [0.15, 0.2) is 0 Å². The molecule has 0 bridgehead atoms. The molecular formula is C30H36N6O4. The van der Waals surface area contributed by atoms with E-state index >= 15 is 0 Å². The standard InChI is InChI=1S/C30H36N6O4/c1-35(22-14-30(15-22)16-23(17-30)40-19-37)11-2-12-36-26-6-3-20(13-25(26)33-34-36)18-31-10-9-21-4-7-27(38)29-24(21)5-8-28(39)32-29/h3-8,13,19,22-23,31,38H,2,9-12,14-18H2,1H3,(H,32,39). The number of aryl methyl sites for hydroxylation is 1. The highest BCUT2D eigenvalue weighted by atomic mass is 16.5. The number of pyridine rings is 1. The van der Waals surface area contributed by atoms with Gasteiger partial charge in [-0.1, -0.05) is 17.3 Å². The lowest BCUT2D eigenvalue weighted by Gasteiger charge is -2.58. The normalized spacial score (nSPS) is 22.1. The van der Waals surface area contributed by atoms with Crippen LogP contribution in [-0.2, 0) is 29.0 Å². The molecule has 0 saturated heterocycles. The maximum absolute atomic E-state index is 11.6. The first-order valence-corrected chi connectivity index (χ1v) is 14.1. The first kappa shape index (κ1) is 26.5. The molecule has 210 valence electrons. The van der Waals surface area contributed by atoms with Crippen LogP contribution >= 0.6 is 0 Å². The number of fused-ring (bicyclic) bond motifs is 2. The third kappa shape index (κ3) is 5.33. The zero-order valence-corrected chi connectivity index (χ0v) is 22.8. The highest BCUT2D eigenvalue weighted by molar-refractivity contribution is 5.87. The zero-order valence-electron chi connectivity index (χ0n) is 22.8. The first-order chi connectivity index (χ1) is 19.4. The molecule has 2 fully saturated rings. The van der Waals surface area contributed by atoms with Gasteiger partial charge in [-0.05, 0) is 99.5 Å². The summed E-state index contributed by atoms with van der Waals surface area (Å²) < 4.78 is 7.08. The van der Waals surface area contributed by atoms with E-state index in [-0.39, 0.29) is 17.4 Å². The summed E-state index contributed by atoms with van der Waals surface area (Å²) in [5, 5.41) is 23.2. The molecule has 2 aliphatic rings. The Kier molecular flexibility index (Phi) is 7.29. The molecule has 2 aromatic carbocycles. The molecule has 6 rings (SSSR count). The molecule has 2 aliphatic carbocycles. The van der Waals surface area contributed by atoms with E-state index in [2.05, 4.69) is 50.8 Å². The Labute approximate surface area is 232 Å². The Morgan fingerprint density at radius 1 is 1.20 bits per heavy atom. The number of phenols is 1. The van der Waals surface area contributed by atoms with Crippen LogP contribution in [0.3, 0.4) is 0 Å². The highest BCUT2D eigenvalue weighted by Gasteiger charge is 2.54. The van der Waals surface area contributed by atoms with E-state index in [0.29, 0.717) is 30.0 Å². The molecule has 2 aromatic heterocycles. The van der Waals surface area contributed by atoms with Crippen molar-refractivity contribution in [1.29, 1.82) is 0 Å². The van der Waals surface area contributed by atoms with Gasteiger partial charge in [-0.25, -0.2) is 4.68 Å². The number of rotatable bonds is 12. The summed E-state index contributed by atoms with van der Waals surface area (Å²) in [5.41, 5.74) is 4.84. The van der Waals surface area contributed by atoms with Crippen molar-refractivity contribution in [3.8, 4) is 5.75 Å². The summed E-state index contributed by atoms with van der Waals surface area (Å²) in [5.74, 6) is 0.0831. The van der Waals surface area contributed by atoms with Crippen LogP contribution < -0.4 is 10.9 Å². The molecular weight excluding hydrogens is 508 g/mol. The quantitative estimate of drug-likeness (QED) is 0.184. The Balaban J connectivity index is 0.955. The Hall–Kier alpha value is -3.76. The summed E-state index contributed by atoms with van der Waals surface area (Å²) in [6, 6.07) is 13.7. The lowest BCUT2D eigenvalue weighted by atomic mass is 9.52. The monoisotopic (exact) mass is 544 g/mol. The topological polar surface area (TPSA) is 125 Å². The van der Waals surface area contributed by atoms with E-state index in [1.165, 1.54) is 18.9 Å². The second-order valence-electron chi connectivity index (χ2n) is 11.6. The second kappa shape index (κ2) is 11.0. The fraction of sp³-hybridized carbons (Fsp3) is 0.467. The van der Waals surface area contributed by atoms with Crippen LogP contribution in [-0.4, -0.2) is 68.7 Å². The van der Waals surface area contributed by atoms with Crippen LogP contribution in [0.2, 0.25) is 0 Å². The van der Waals surface area contributed by atoms with Crippen molar-refractivity contribution in [3.05, 3.63) is 63.9 Å². The lowest BCUT2D eigenvalue weighted by molar-refractivity contribution is -0.160. The SMILES string of the molecule is CN(CCCn1nnc2cc(CNCCc3ccc(O)c4[nH]c(=O)ccc34)ccc21)C1CC2(CC(OC=O)C2)C1. The van der Waals surface area contributed by atoms with Crippen LogP contribution in [0.5, 0.6) is 5.75 Å². The molecule has 10 nitrogen and oxygen atoms in total. The molecule has 0 atom stereocenters. The third-order valence-corrected chi connectivity index (χ3v) is 8.85. The van der Waals surface area contributed by atoms with Gasteiger partial charge in [-0.3, -0.25) is 9.59 Å². The molecule has 10 heteroatoms. The van der Waals surface area contributed by atoms with E-state index in [1.807, 2.05) is 10.7 Å². The molecule has 0 unspecified atom stereocenters. The number of H-pyrrole nitrogens is 1. The predicted octanol–water partition coefficient (Wildman–Crippen LogP) is 3.12. The van der Waals surface area contributed by atoms with Gasteiger partial charge in [-0.15, -0.1) is 5.10 Å². The number of hydrogen-bond donors (Lipinski definition) is 3. The van der Waals surface area contributed by atoms with Crippen molar-refractivity contribution in [1.82, 2.24) is 30.2 Å². The van der Waals surface area contributed by atoms with Gasteiger partial charge in [-0.2, -0.15) is 0 Å². The van der Waals surface area contributed by atoms with E-state index in [1.54, 1.807) is 12.1 Å². The fourth-order valence-corrected chi connectivity index (χ4v) is 6.58. The first-order valence-electron chi connectivity index (χ1n) is 14.1. The van der Waals surface area contributed by atoms with Crippen molar-refractivity contribution in [2.45, 2.75) is 63.8 Å². The minimum atomic E-state index is -0.226. The van der Waals surface area contributed by atoms with Crippen LogP contribution in [0.25, 0.3) is 21.9 Å². The van der Waals surface area contributed by atoms with E-state index in [9.17, 15) is 14.7 Å². The largest absolute Gasteiger partial charge is 0.506 e. The minimum absolute atomic E-state index is 0.0831. The van der Waals surface area contributed by atoms with Gasteiger partial charge >= 0.3 is 0 Å². The second-order valence-corrected chi connectivity index (χ2v) is 11.6. The van der Waals surface area contributed by atoms with Gasteiger partial charge in [0.25, 0.3) is 6.47 Å². The third-order valence-electron chi connectivity index (χ3n) is 8.85. The Morgan fingerprint density at radius 2 is 2.05 bits per heavy atom. The summed E-state index contributed by atoms with van der Waals surface area (Å²) in [7, 11) is 2.21. The van der Waals surface area contributed by atoms with Crippen molar-refractivity contribution in [3.63, 3.8) is 0 Å². The number of carbonyl (C=O) groups is 1. The average molecular weight is 545 g/mol. The van der Waals surface area contributed by atoms with Crippen LogP contribution in [0.15, 0.2) is 47.3 Å². The smallest absolute Gasteiger partial charge is 0.293 e. The number of phenolic OH excluding ortho intramolecular Hbond substituents is 1. The van der Waals surface area contributed by atoms with E-state index in [0.717, 1.165) is 72.9 Å². The lowest BCUT2D eigenvalue weighted by Crippen LogP contribution is -2.57. The molecule has 0 radical (unpaired) electrons. The van der Waals surface area contributed by atoms with Gasteiger partial charge in [0.2, 0.25) is 5.56 Å². The van der Waals surface area contributed by atoms with Crippen molar-refractivity contribution < 1.29 is 14.6 Å². The molecule has 2 saturated carbocycles. The molecule has 0 aliphatic heterocycles. The number of aromatic nitrogens is 4. The van der Waals surface area contributed by atoms with Crippen molar-refractivity contribution >= 4 is 28.4 Å². The number of nitrogens with zero attached hydrogens (tertiary/aromatic N) is 4. The number of ether oxygens (including phenoxy) is 1. The molecule has 0 amide bonds. The maximum atomic E-state index is 11.6. The van der Waals surface area contributed by atoms with Crippen LogP contribution in [0, 0.1) is 5.41 Å². The summed E-state index contributed by atoms with van der Waals surface area (Å²) >= 11 is 0. The molecule has 40 heavy (non-hydrogen) atoms. The number of nitrogens with one attached hydrogen (secondary N) is 2. The summed E-state index contributed by atoms with van der Waals surface area (Å²) in [6.45, 7) is 3.90. The van der Waals surface area contributed by atoms with Crippen LogP contribution in [0.4, 0.5) is 0 Å². The van der Waals surface area contributed by atoms with Gasteiger partial charge in [0, 0.05) is 30.6 Å². The Bertz CT molecular complexity index is 1570. The fourth-order valence-electron chi connectivity index (χ4n) is 6.58. The minimum Gasteiger partial charge on any atom is -0.506 e. The Morgan fingerprint density at radius 3 is 2.88 bits per heavy atom. The van der Waals surface area contributed by atoms with Crippen LogP contribution in [0.1, 0.15) is 43.2 Å². The van der Waals surface area contributed by atoms with Gasteiger partial charge in [0.1, 0.15) is 17.4 Å². The predicted molar refractivity (Wildman–Crippen MR) is 152 cm³/mol. The van der Waals surface area contributed by atoms with Gasteiger partial charge < -0.3 is 25.0 Å². The number of carbonyl (C=O) groups excluding carboxylic acids is 1.